The number of aromatic nitrogens is 2. The minimum Gasteiger partial charge on any atom is -0.370 e. The Morgan fingerprint density at radius 3 is 2.85 bits per heavy atom. The van der Waals surface area contributed by atoms with Crippen molar-refractivity contribution in [2.24, 2.45) is 5.92 Å². The molecule has 4 nitrogen and oxygen atoms in total. The Balaban J connectivity index is 2.03. The maximum atomic E-state index is 4.65. The number of piperidine rings is 1. The number of aryl methyl sites for hydroxylation is 1. The zero-order valence-electron chi connectivity index (χ0n) is 13.3. The molecule has 0 spiro atoms. The van der Waals surface area contributed by atoms with Crippen molar-refractivity contribution in [2.45, 2.75) is 59.5 Å². The monoisotopic (exact) mass is 276 g/mol. The van der Waals surface area contributed by atoms with Crippen LogP contribution in [0.5, 0.6) is 0 Å². The lowest BCUT2D eigenvalue weighted by Gasteiger charge is -2.36. The topological polar surface area (TPSA) is 41.1 Å². The van der Waals surface area contributed by atoms with Crippen LogP contribution in [0.2, 0.25) is 0 Å². The van der Waals surface area contributed by atoms with Crippen molar-refractivity contribution in [2.75, 3.05) is 18.4 Å². The van der Waals surface area contributed by atoms with Crippen LogP contribution in [0, 0.1) is 12.8 Å². The molecule has 0 aromatic carbocycles. The maximum absolute atomic E-state index is 4.65. The SMILES string of the molecule is CCCNc1cc(C)nc(CN2CCC(C)CC2C)n1. The van der Waals surface area contributed by atoms with Crippen LogP contribution in [0.25, 0.3) is 0 Å². The van der Waals surface area contributed by atoms with Crippen LogP contribution in [0.15, 0.2) is 6.07 Å². The molecule has 1 N–H and O–H groups in total. The minimum atomic E-state index is 0.634. The molecular weight excluding hydrogens is 248 g/mol. The number of rotatable bonds is 5. The molecule has 2 atom stereocenters. The fourth-order valence-electron chi connectivity index (χ4n) is 2.92. The summed E-state index contributed by atoms with van der Waals surface area (Å²) in [6.45, 7) is 11.9. The average Bonchev–Trinajstić information content (AvgIpc) is 2.39. The summed E-state index contributed by atoms with van der Waals surface area (Å²) in [5, 5.41) is 3.36. The molecule has 0 bridgehead atoms. The zero-order chi connectivity index (χ0) is 14.5. The Labute approximate surface area is 123 Å². The third-order valence-electron chi connectivity index (χ3n) is 4.08. The smallest absolute Gasteiger partial charge is 0.144 e. The van der Waals surface area contributed by atoms with E-state index >= 15 is 0 Å². The van der Waals surface area contributed by atoms with Gasteiger partial charge in [-0.1, -0.05) is 13.8 Å². The maximum Gasteiger partial charge on any atom is 0.144 e. The molecule has 1 aliphatic rings. The Bertz CT molecular complexity index is 432. The Kier molecular flexibility index (Phi) is 5.35. The van der Waals surface area contributed by atoms with Gasteiger partial charge in [0.05, 0.1) is 6.54 Å². The first-order valence-corrected chi connectivity index (χ1v) is 7.91. The first-order valence-electron chi connectivity index (χ1n) is 7.91. The number of nitrogens with zero attached hydrogens (tertiary/aromatic N) is 3. The second kappa shape index (κ2) is 7.02. The summed E-state index contributed by atoms with van der Waals surface area (Å²) in [4.78, 5) is 11.8. The third kappa shape index (κ3) is 4.17. The molecule has 2 unspecified atom stereocenters. The van der Waals surface area contributed by atoms with E-state index in [1.165, 1.54) is 12.8 Å². The molecule has 0 aliphatic carbocycles. The number of likely N-dealkylation sites (tertiary alicyclic amines) is 1. The van der Waals surface area contributed by atoms with Crippen molar-refractivity contribution in [3.05, 3.63) is 17.6 Å². The van der Waals surface area contributed by atoms with E-state index in [-0.39, 0.29) is 0 Å². The van der Waals surface area contributed by atoms with Crippen LogP contribution in [0.1, 0.15) is 51.6 Å². The van der Waals surface area contributed by atoms with Gasteiger partial charge in [0.25, 0.3) is 0 Å². The summed E-state index contributed by atoms with van der Waals surface area (Å²) < 4.78 is 0. The highest BCUT2D eigenvalue weighted by Gasteiger charge is 2.23. The van der Waals surface area contributed by atoms with Gasteiger partial charge in [0.1, 0.15) is 11.6 Å². The predicted molar refractivity (Wildman–Crippen MR) is 83.8 cm³/mol. The van der Waals surface area contributed by atoms with E-state index in [0.29, 0.717) is 6.04 Å². The third-order valence-corrected chi connectivity index (χ3v) is 4.08. The summed E-state index contributed by atoms with van der Waals surface area (Å²) in [5.74, 6) is 2.76. The predicted octanol–water partition coefficient (Wildman–Crippen LogP) is 3.23. The Hall–Kier alpha value is -1.16. The Morgan fingerprint density at radius 2 is 2.15 bits per heavy atom. The van der Waals surface area contributed by atoms with Gasteiger partial charge in [-0.25, -0.2) is 9.97 Å². The lowest BCUT2D eigenvalue weighted by atomic mass is 9.93. The summed E-state index contributed by atoms with van der Waals surface area (Å²) in [6, 6.07) is 2.66. The summed E-state index contributed by atoms with van der Waals surface area (Å²) in [5.41, 5.74) is 1.05. The van der Waals surface area contributed by atoms with Crippen molar-refractivity contribution in [1.82, 2.24) is 14.9 Å². The molecule has 1 fully saturated rings. The normalized spacial score (nSPS) is 23.8. The summed E-state index contributed by atoms with van der Waals surface area (Å²) >= 11 is 0. The number of nitrogens with one attached hydrogen (secondary N) is 1. The fraction of sp³-hybridized carbons (Fsp3) is 0.750. The highest BCUT2D eigenvalue weighted by Crippen LogP contribution is 2.23. The van der Waals surface area contributed by atoms with E-state index < -0.39 is 0 Å². The lowest BCUT2D eigenvalue weighted by Crippen LogP contribution is -2.40. The largest absolute Gasteiger partial charge is 0.370 e. The first kappa shape index (κ1) is 15.2. The minimum absolute atomic E-state index is 0.634. The Morgan fingerprint density at radius 1 is 1.35 bits per heavy atom. The van der Waals surface area contributed by atoms with E-state index in [9.17, 15) is 0 Å². The highest BCUT2D eigenvalue weighted by atomic mass is 15.2. The van der Waals surface area contributed by atoms with Crippen molar-refractivity contribution in [1.29, 1.82) is 0 Å². The summed E-state index contributed by atoms with van der Waals surface area (Å²) in [7, 11) is 0. The van der Waals surface area contributed by atoms with Crippen LogP contribution < -0.4 is 5.32 Å². The van der Waals surface area contributed by atoms with Crippen LogP contribution >= 0.6 is 0 Å². The van der Waals surface area contributed by atoms with E-state index in [1.807, 2.05) is 13.0 Å². The van der Waals surface area contributed by atoms with Gasteiger partial charge in [0, 0.05) is 24.3 Å². The quantitative estimate of drug-likeness (QED) is 0.896. The fourth-order valence-corrected chi connectivity index (χ4v) is 2.92. The molecule has 0 saturated carbocycles. The second-order valence-electron chi connectivity index (χ2n) is 6.19. The van der Waals surface area contributed by atoms with Gasteiger partial charge in [-0.3, -0.25) is 4.90 Å². The standard InChI is InChI=1S/C16H28N4/c1-5-7-17-15-10-13(3)18-16(19-15)11-20-8-6-12(2)9-14(20)4/h10,12,14H,5-9,11H2,1-4H3,(H,17,18,19). The summed E-state index contributed by atoms with van der Waals surface area (Å²) in [6.07, 6.45) is 3.68. The van der Waals surface area contributed by atoms with E-state index in [2.05, 4.69) is 41.0 Å². The van der Waals surface area contributed by atoms with Crippen molar-refractivity contribution >= 4 is 5.82 Å². The van der Waals surface area contributed by atoms with Crippen LogP contribution in [0.3, 0.4) is 0 Å². The van der Waals surface area contributed by atoms with E-state index in [0.717, 1.165) is 49.3 Å². The number of hydrogen-bond donors (Lipinski definition) is 1. The molecule has 1 saturated heterocycles. The number of hydrogen-bond acceptors (Lipinski definition) is 4. The molecule has 0 radical (unpaired) electrons. The van der Waals surface area contributed by atoms with Crippen molar-refractivity contribution in [3.63, 3.8) is 0 Å². The molecule has 2 heterocycles. The molecule has 20 heavy (non-hydrogen) atoms. The van der Waals surface area contributed by atoms with Gasteiger partial charge in [0.2, 0.25) is 0 Å². The molecule has 1 aliphatic heterocycles. The van der Waals surface area contributed by atoms with Gasteiger partial charge in [-0.05, 0) is 45.6 Å². The highest BCUT2D eigenvalue weighted by molar-refractivity contribution is 5.35. The van der Waals surface area contributed by atoms with Crippen LogP contribution in [-0.2, 0) is 6.54 Å². The van der Waals surface area contributed by atoms with Crippen molar-refractivity contribution in [3.8, 4) is 0 Å². The van der Waals surface area contributed by atoms with E-state index in [1.54, 1.807) is 0 Å². The van der Waals surface area contributed by atoms with Gasteiger partial charge in [-0.15, -0.1) is 0 Å². The van der Waals surface area contributed by atoms with Crippen molar-refractivity contribution < 1.29 is 0 Å². The van der Waals surface area contributed by atoms with Crippen LogP contribution in [-0.4, -0.2) is 34.0 Å². The molecular formula is C16H28N4. The van der Waals surface area contributed by atoms with E-state index in [4.69, 9.17) is 0 Å². The van der Waals surface area contributed by atoms with Crippen LogP contribution in [0.4, 0.5) is 5.82 Å². The molecule has 2 rings (SSSR count). The lowest BCUT2D eigenvalue weighted by molar-refractivity contribution is 0.119. The number of anilines is 1. The van der Waals surface area contributed by atoms with Gasteiger partial charge in [0.15, 0.2) is 0 Å². The zero-order valence-corrected chi connectivity index (χ0v) is 13.3. The van der Waals surface area contributed by atoms with Gasteiger partial charge in [-0.2, -0.15) is 0 Å². The molecule has 1 aromatic heterocycles. The molecule has 4 heteroatoms. The molecule has 1 aromatic rings. The van der Waals surface area contributed by atoms with Gasteiger partial charge < -0.3 is 5.32 Å². The second-order valence-corrected chi connectivity index (χ2v) is 6.19. The molecule has 0 amide bonds. The average molecular weight is 276 g/mol. The first-order chi connectivity index (χ1) is 9.58. The molecule has 112 valence electrons. The van der Waals surface area contributed by atoms with Gasteiger partial charge >= 0.3 is 0 Å².